The first-order valence-electron chi connectivity index (χ1n) is 4.66. The van der Waals surface area contributed by atoms with E-state index in [-0.39, 0.29) is 0 Å². The zero-order valence-electron chi connectivity index (χ0n) is 8.68. The highest BCUT2D eigenvalue weighted by molar-refractivity contribution is 6.31. The third kappa shape index (κ3) is 2.12. The number of halogens is 1. The van der Waals surface area contributed by atoms with Crippen LogP contribution in [0.2, 0.25) is 5.02 Å². The number of nitrogens with two attached hydrogens (primary N) is 1. The molecule has 2 rings (SSSR count). The third-order valence-electron chi connectivity index (χ3n) is 2.21. The molecule has 0 bridgehead atoms. The molecule has 2 aromatic heterocycles. The third-order valence-corrected chi connectivity index (χ3v) is 2.58. The molecular weight excluding hydrogens is 228 g/mol. The van der Waals surface area contributed by atoms with Gasteiger partial charge in [0.15, 0.2) is 5.82 Å². The normalized spacial score (nSPS) is 10.4. The van der Waals surface area contributed by atoms with E-state index < -0.39 is 0 Å². The fraction of sp³-hybridized carbons (Fsp3) is 0.222. The van der Waals surface area contributed by atoms with Gasteiger partial charge in [0.2, 0.25) is 0 Å². The zero-order valence-corrected chi connectivity index (χ0v) is 9.44. The molecule has 84 valence electrons. The van der Waals surface area contributed by atoms with Gasteiger partial charge in [0.05, 0.1) is 41.5 Å². The Balaban J connectivity index is 2.17. The van der Waals surface area contributed by atoms with E-state index in [0.717, 1.165) is 11.4 Å². The van der Waals surface area contributed by atoms with Crippen molar-refractivity contribution in [3.05, 3.63) is 35.0 Å². The van der Waals surface area contributed by atoms with Crippen molar-refractivity contribution in [1.82, 2.24) is 19.7 Å². The molecule has 2 aromatic rings. The van der Waals surface area contributed by atoms with Crippen LogP contribution in [0.4, 0.5) is 5.82 Å². The Kier molecular flexibility index (Phi) is 3.02. The number of nitrogen functional groups attached to an aromatic ring is 1. The summed E-state index contributed by atoms with van der Waals surface area (Å²) in [5.74, 6) is 5.72. The van der Waals surface area contributed by atoms with Gasteiger partial charge in [-0.1, -0.05) is 11.6 Å². The van der Waals surface area contributed by atoms with Crippen molar-refractivity contribution >= 4 is 17.4 Å². The molecule has 0 atom stereocenters. The second kappa shape index (κ2) is 4.46. The van der Waals surface area contributed by atoms with Crippen LogP contribution in [0.5, 0.6) is 0 Å². The number of nitrogens with one attached hydrogen (secondary N) is 1. The van der Waals surface area contributed by atoms with Gasteiger partial charge in [-0.2, -0.15) is 5.10 Å². The molecule has 0 unspecified atom stereocenters. The number of rotatable bonds is 3. The molecular formula is C9H11ClN6. The van der Waals surface area contributed by atoms with Crippen molar-refractivity contribution in [3.63, 3.8) is 0 Å². The van der Waals surface area contributed by atoms with Crippen LogP contribution in [0.15, 0.2) is 18.6 Å². The minimum atomic E-state index is 0.527. The van der Waals surface area contributed by atoms with Crippen LogP contribution in [0.3, 0.4) is 0 Å². The Hall–Kier alpha value is -1.66. The molecule has 0 amide bonds. The molecule has 16 heavy (non-hydrogen) atoms. The SMILES string of the molecule is Cc1c(Cl)cnn1Cc1cnc(NN)cn1. The predicted molar refractivity (Wildman–Crippen MR) is 60.9 cm³/mol. The van der Waals surface area contributed by atoms with Crippen molar-refractivity contribution in [2.75, 3.05) is 5.43 Å². The molecule has 0 saturated carbocycles. The first-order chi connectivity index (χ1) is 7.70. The number of nitrogens with zero attached hydrogens (tertiary/aromatic N) is 4. The van der Waals surface area contributed by atoms with Crippen molar-refractivity contribution in [2.45, 2.75) is 13.5 Å². The molecule has 6 nitrogen and oxygen atoms in total. The number of aromatic nitrogens is 4. The van der Waals surface area contributed by atoms with Crippen LogP contribution < -0.4 is 11.3 Å². The van der Waals surface area contributed by atoms with Crippen molar-refractivity contribution < 1.29 is 0 Å². The van der Waals surface area contributed by atoms with Crippen LogP contribution in [0, 0.1) is 6.92 Å². The Bertz CT molecular complexity index is 477. The van der Waals surface area contributed by atoms with Crippen molar-refractivity contribution in [2.24, 2.45) is 5.84 Å². The van der Waals surface area contributed by atoms with Gasteiger partial charge in [0.25, 0.3) is 0 Å². The first kappa shape index (κ1) is 10.8. The zero-order chi connectivity index (χ0) is 11.5. The molecule has 0 aliphatic rings. The molecule has 0 radical (unpaired) electrons. The topological polar surface area (TPSA) is 81.7 Å². The van der Waals surface area contributed by atoms with Crippen LogP contribution in [0.25, 0.3) is 0 Å². The molecule has 2 heterocycles. The molecule has 0 aromatic carbocycles. The van der Waals surface area contributed by atoms with Crippen LogP contribution in [0.1, 0.15) is 11.4 Å². The fourth-order valence-electron chi connectivity index (χ4n) is 1.25. The fourth-order valence-corrected chi connectivity index (χ4v) is 1.39. The lowest BCUT2D eigenvalue weighted by molar-refractivity contribution is 0.650. The highest BCUT2D eigenvalue weighted by atomic mass is 35.5. The van der Waals surface area contributed by atoms with Gasteiger partial charge in [-0.3, -0.25) is 9.67 Å². The number of hydrogen-bond acceptors (Lipinski definition) is 5. The van der Waals surface area contributed by atoms with Crippen LogP contribution in [-0.2, 0) is 6.54 Å². The summed E-state index contributed by atoms with van der Waals surface area (Å²) in [5, 5.41) is 4.78. The van der Waals surface area contributed by atoms with E-state index in [1.807, 2.05) is 6.92 Å². The average molecular weight is 239 g/mol. The maximum Gasteiger partial charge on any atom is 0.158 e. The van der Waals surface area contributed by atoms with Crippen LogP contribution in [-0.4, -0.2) is 19.7 Å². The Morgan fingerprint density at radius 1 is 1.38 bits per heavy atom. The molecule has 0 aliphatic heterocycles. The number of anilines is 1. The van der Waals surface area contributed by atoms with Gasteiger partial charge < -0.3 is 5.43 Å². The summed E-state index contributed by atoms with van der Waals surface area (Å²) in [6, 6.07) is 0. The van der Waals surface area contributed by atoms with E-state index in [2.05, 4.69) is 20.5 Å². The Morgan fingerprint density at radius 3 is 2.69 bits per heavy atom. The first-order valence-corrected chi connectivity index (χ1v) is 5.04. The van der Waals surface area contributed by atoms with Gasteiger partial charge in [-0.25, -0.2) is 10.8 Å². The monoisotopic (exact) mass is 238 g/mol. The summed E-state index contributed by atoms with van der Waals surface area (Å²) in [6.07, 6.45) is 4.82. The maximum atomic E-state index is 5.90. The van der Waals surface area contributed by atoms with Crippen molar-refractivity contribution in [1.29, 1.82) is 0 Å². The Labute approximate surface area is 97.4 Å². The second-order valence-corrected chi connectivity index (χ2v) is 3.68. The van der Waals surface area contributed by atoms with Crippen molar-refractivity contribution in [3.8, 4) is 0 Å². The molecule has 7 heteroatoms. The summed E-state index contributed by atoms with van der Waals surface area (Å²) < 4.78 is 1.77. The number of hydrazine groups is 1. The summed E-state index contributed by atoms with van der Waals surface area (Å²) >= 11 is 5.90. The molecule has 3 N–H and O–H groups in total. The summed E-state index contributed by atoms with van der Waals surface area (Å²) in [5.41, 5.74) is 4.12. The highest BCUT2D eigenvalue weighted by Gasteiger charge is 2.05. The van der Waals surface area contributed by atoms with E-state index >= 15 is 0 Å². The summed E-state index contributed by atoms with van der Waals surface area (Å²) in [4.78, 5) is 8.24. The summed E-state index contributed by atoms with van der Waals surface area (Å²) in [6.45, 7) is 2.44. The second-order valence-electron chi connectivity index (χ2n) is 3.27. The Morgan fingerprint density at radius 2 is 2.19 bits per heavy atom. The van der Waals surface area contributed by atoms with E-state index in [1.54, 1.807) is 23.3 Å². The van der Waals surface area contributed by atoms with E-state index in [4.69, 9.17) is 17.4 Å². The lowest BCUT2D eigenvalue weighted by Crippen LogP contribution is -2.10. The van der Waals surface area contributed by atoms with Gasteiger partial charge in [-0.15, -0.1) is 0 Å². The smallest absolute Gasteiger partial charge is 0.158 e. The summed E-state index contributed by atoms with van der Waals surface area (Å²) in [7, 11) is 0. The number of hydrogen-bond donors (Lipinski definition) is 2. The van der Waals surface area contributed by atoms with Gasteiger partial charge in [0, 0.05) is 0 Å². The molecule has 0 fully saturated rings. The standard InChI is InChI=1S/C9H11ClN6/c1-6-8(10)3-14-16(6)5-7-2-13-9(15-11)4-12-7/h2-4H,5,11H2,1H3,(H,13,15). The van der Waals surface area contributed by atoms with Gasteiger partial charge in [-0.05, 0) is 6.92 Å². The quantitative estimate of drug-likeness (QED) is 0.615. The molecule has 0 saturated heterocycles. The van der Waals surface area contributed by atoms with Gasteiger partial charge in [0.1, 0.15) is 0 Å². The van der Waals surface area contributed by atoms with E-state index in [1.165, 1.54) is 0 Å². The molecule has 0 spiro atoms. The van der Waals surface area contributed by atoms with Crippen LogP contribution >= 0.6 is 11.6 Å². The maximum absolute atomic E-state index is 5.90. The average Bonchev–Trinajstić information content (AvgIpc) is 2.62. The van der Waals surface area contributed by atoms with E-state index in [0.29, 0.717) is 17.4 Å². The minimum absolute atomic E-state index is 0.527. The highest BCUT2D eigenvalue weighted by Crippen LogP contribution is 2.14. The van der Waals surface area contributed by atoms with E-state index in [9.17, 15) is 0 Å². The lowest BCUT2D eigenvalue weighted by atomic mass is 10.4. The predicted octanol–water partition coefficient (Wildman–Crippen LogP) is 0.969. The largest absolute Gasteiger partial charge is 0.307 e. The lowest BCUT2D eigenvalue weighted by Gasteiger charge is -2.04. The molecule has 0 aliphatic carbocycles. The minimum Gasteiger partial charge on any atom is -0.307 e. The van der Waals surface area contributed by atoms with Gasteiger partial charge >= 0.3 is 0 Å².